The van der Waals surface area contributed by atoms with E-state index >= 15 is 0 Å². The Bertz CT molecular complexity index is 1640. The van der Waals surface area contributed by atoms with Gasteiger partial charge in [0, 0.05) is 12.2 Å². The third-order valence-corrected chi connectivity index (χ3v) is 6.83. The highest BCUT2D eigenvalue weighted by Gasteiger charge is 2.37. The molecule has 1 aromatic heterocycles. The zero-order valence-electron chi connectivity index (χ0n) is 22.5. The maximum absolute atomic E-state index is 13.7. The number of aromatic nitrogens is 2. The minimum Gasteiger partial charge on any atom is -0.315 e. The summed E-state index contributed by atoms with van der Waals surface area (Å²) in [6.45, 7) is 6.93. The monoisotopic (exact) mass is 576 g/mol. The molecule has 4 aromatic rings. The molecular weight excluding hydrogens is 550 g/mol. The Hall–Kier alpha value is -4.35. The van der Waals surface area contributed by atoms with Crippen molar-refractivity contribution in [3.05, 3.63) is 99.1 Å². The van der Waals surface area contributed by atoms with Crippen molar-refractivity contribution in [3.8, 4) is 5.69 Å². The Morgan fingerprint density at radius 3 is 2.10 bits per heavy atom. The predicted octanol–water partition coefficient (Wildman–Crippen LogP) is 7.66. The van der Waals surface area contributed by atoms with Crippen LogP contribution < -0.4 is 10.9 Å². The summed E-state index contributed by atoms with van der Waals surface area (Å²) in [6.07, 6.45) is -10.1. The number of carbonyl (C=O) groups is 1. The van der Waals surface area contributed by atoms with Gasteiger partial charge in [-0.2, -0.15) is 26.3 Å². The zero-order valence-corrected chi connectivity index (χ0v) is 22.5. The van der Waals surface area contributed by atoms with Crippen LogP contribution in [-0.2, 0) is 12.4 Å². The Morgan fingerprint density at radius 1 is 0.927 bits per heavy atom. The molecule has 0 aliphatic carbocycles. The van der Waals surface area contributed by atoms with E-state index in [1.165, 1.54) is 9.47 Å². The summed E-state index contributed by atoms with van der Waals surface area (Å²) in [7, 11) is 0. The number of nitrogens with one attached hydrogen (secondary N) is 1. The molecule has 0 fully saturated rings. The number of fused-ring (bicyclic) bond motifs is 1. The molecule has 1 N–H and O–H groups in total. The number of rotatable bonds is 5. The van der Waals surface area contributed by atoms with E-state index in [9.17, 15) is 35.9 Å². The number of anilines is 1. The lowest BCUT2D eigenvalue weighted by molar-refractivity contribution is -0.143. The van der Waals surface area contributed by atoms with Crippen molar-refractivity contribution in [2.24, 2.45) is 0 Å². The highest BCUT2D eigenvalue weighted by molar-refractivity contribution is 5.90. The number of nitrogens with zero attached hydrogens (tertiary/aromatic N) is 3. The molecule has 12 heteroatoms. The molecule has 3 aromatic carbocycles. The standard InChI is InChI=1S/C29H26F6N4O2/c1-5-38(27(41)36-21-14-19(28(30,31)32)13-20(15-21)29(33,34)35)18(4)25-37-24-9-7-6-8-23(24)26(40)39(25)22-11-10-16(2)17(3)12-22/h6-15,18H,5H2,1-4H3,(H,36,41). The van der Waals surface area contributed by atoms with Crippen LogP contribution in [-0.4, -0.2) is 27.0 Å². The summed E-state index contributed by atoms with van der Waals surface area (Å²) in [6, 6.07) is 10.9. The van der Waals surface area contributed by atoms with Gasteiger partial charge in [-0.3, -0.25) is 9.36 Å². The Kier molecular flexibility index (Phi) is 7.88. The van der Waals surface area contributed by atoms with E-state index in [0.717, 1.165) is 11.1 Å². The van der Waals surface area contributed by atoms with Crippen molar-refractivity contribution in [3.63, 3.8) is 0 Å². The number of aryl methyl sites for hydroxylation is 2. The number of alkyl halides is 6. The number of carbonyl (C=O) groups excluding carboxylic acids is 1. The molecule has 0 saturated heterocycles. The van der Waals surface area contributed by atoms with Crippen LogP contribution in [0.3, 0.4) is 0 Å². The molecule has 0 radical (unpaired) electrons. The van der Waals surface area contributed by atoms with Crippen LogP contribution >= 0.6 is 0 Å². The Balaban J connectivity index is 1.80. The van der Waals surface area contributed by atoms with Gasteiger partial charge in [0.2, 0.25) is 0 Å². The number of urea groups is 1. The summed E-state index contributed by atoms with van der Waals surface area (Å²) in [5.74, 6) is 0.161. The molecule has 0 spiro atoms. The molecule has 4 rings (SSSR count). The van der Waals surface area contributed by atoms with E-state index in [-0.39, 0.29) is 18.4 Å². The summed E-state index contributed by atoms with van der Waals surface area (Å²) in [5, 5.41) is 2.50. The van der Waals surface area contributed by atoms with Crippen molar-refractivity contribution in [1.82, 2.24) is 14.5 Å². The first-order valence-corrected chi connectivity index (χ1v) is 12.6. The van der Waals surface area contributed by atoms with Crippen LogP contribution in [0.5, 0.6) is 0 Å². The van der Waals surface area contributed by atoms with Gasteiger partial charge in [-0.25, -0.2) is 9.78 Å². The minimum absolute atomic E-state index is 0.00624. The molecule has 0 bridgehead atoms. The second-order valence-corrected chi connectivity index (χ2v) is 9.58. The molecular formula is C29H26F6N4O2. The molecule has 1 heterocycles. The van der Waals surface area contributed by atoms with Gasteiger partial charge in [0.15, 0.2) is 0 Å². The predicted molar refractivity (Wildman–Crippen MR) is 143 cm³/mol. The van der Waals surface area contributed by atoms with Crippen molar-refractivity contribution in [1.29, 1.82) is 0 Å². The van der Waals surface area contributed by atoms with E-state index in [4.69, 9.17) is 0 Å². The SMILES string of the molecule is CCN(C(=O)Nc1cc(C(F)(F)F)cc(C(F)(F)F)c1)C(C)c1nc2ccccc2c(=O)n1-c1ccc(C)c(C)c1. The fourth-order valence-electron chi connectivity index (χ4n) is 4.50. The first kappa shape index (κ1) is 29.6. The first-order valence-electron chi connectivity index (χ1n) is 12.6. The van der Waals surface area contributed by atoms with E-state index in [2.05, 4.69) is 10.3 Å². The molecule has 0 saturated carbocycles. The van der Waals surface area contributed by atoms with Crippen molar-refractivity contribution < 1.29 is 31.1 Å². The van der Waals surface area contributed by atoms with E-state index in [1.54, 1.807) is 50.2 Å². The second-order valence-electron chi connectivity index (χ2n) is 9.58. The quantitative estimate of drug-likeness (QED) is 0.248. The van der Waals surface area contributed by atoms with Crippen molar-refractivity contribution >= 4 is 22.6 Å². The maximum Gasteiger partial charge on any atom is 0.416 e. The molecule has 1 unspecified atom stereocenters. The average Bonchev–Trinajstić information content (AvgIpc) is 2.89. The summed E-state index contributed by atoms with van der Waals surface area (Å²) in [5.41, 5.74) is -1.45. The number of amides is 2. The lowest BCUT2D eigenvalue weighted by Gasteiger charge is -2.30. The van der Waals surface area contributed by atoms with Crippen molar-refractivity contribution in [2.45, 2.75) is 46.1 Å². The van der Waals surface area contributed by atoms with E-state index in [1.807, 2.05) is 19.9 Å². The third-order valence-electron chi connectivity index (χ3n) is 6.83. The number of hydrogen-bond donors (Lipinski definition) is 1. The van der Waals surface area contributed by atoms with Gasteiger partial charge in [0.05, 0.1) is 33.8 Å². The molecule has 1 atom stereocenters. The fourth-order valence-corrected chi connectivity index (χ4v) is 4.50. The van der Waals surface area contributed by atoms with Gasteiger partial charge >= 0.3 is 18.4 Å². The van der Waals surface area contributed by atoms with Gasteiger partial charge in [-0.05, 0) is 81.3 Å². The normalized spacial score (nSPS) is 12.8. The molecule has 41 heavy (non-hydrogen) atoms. The highest BCUT2D eigenvalue weighted by Crippen LogP contribution is 2.38. The second kappa shape index (κ2) is 10.9. The molecule has 216 valence electrons. The van der Waals surface area contributed by atoms with Gasteiger partial charge in [0.1, 0.15) is 5.82 Å². The molecule has 2 amide bonds. The van der Waals surface area contributed by atoms with Crippen molar-refractivity contribution in [2.75, 3.05) is 11.9 Å². The van der Waals surface area contributed by atoms with Gasteiger partial charge < -0.3 is 10.2 Å². The highest BCUT2D eigenvalue weighted by atomic mass is 19.4. The number of halogens is 6. The van der Waals surface area contributed by atoms with Crippen LogP contribution in [0.4, 0.5) is 36.8 Å². The lowest BCUT2D eigenvalue weighted by Crippen LogP contribution is -2.39. The number of para-hydroxylation sites is 1. The van der Waals surface area contributed by atoms with Gasteiger partial charge in [-0.1, -0.05) is 18.2 Å². The summed E-state index contributed by atoms with van der Waals surface area (Å²) >= 11 is 0. The smallest absolute Gasteiger partial charge is 0.315 e. The van der Waals surface area contributed by atoms with Crippen LogP contribution in [0.2, 0.25) is 0 Å². The topological polar surface area (TPSA) is 67.2 Å². The van der Waals surface area contributed by atoms with Gasteiger partial charge in [-0.15, -0.1) is 0 Å². The number of benzene rings is 3. The van der Waals surface area contributed by atoms with Crippen LogP contribution in [0.1, 0.15) is 48.0 Å². The van der Waals surface area contributed by atoms with Gasteiger partial charge in [0.25, 0.3) is 5.56 Å². The average molecular weight is 577 g/mol. The largest absolute Gasteiger partial charge is 0.416 e. The maximum atomic E-state index is 13.7. The van der Waals surface area contributed by atoms with E-state index < -0.39 is 46.8 Å². The Morgan fingerprint density at radius 2 is 1.54 bits per heavy atom. The zero-order chi connectivity index (χ0) is 30.3. The third kappa shape index (κ3) is 6.06. The molecule has 6 nitrogen and oxygen atoms in total. The number of hydrogen-bond acceptors (Lipinski definition) is 3. The van der Waals surface area contributed by atoms with E-state index in [0.29, 0.717) is 28.7 Å². The first-order chi connectivity index (χ1) is 19.1. The minimum atomic E-state index is -5.07. The lowest BCUT2D eigenvalue weighted by atomic mass is 10.1. The fraction of sp³-hybridized carbons (Fsp3) is 0.276. The molecule has 0 aliphatic heterocycles. The molecule has 0 aliphatic rings. The summed E-state index contributed by atoms with van der Waals surface area (Å²) in [4.78, 5) is 32.8. The Labute approximate surface area is 231 Å². The van der Waals surface area contributed by atoms with Crippen LogP contribution in [0.15, 0.2) is 65.5 Å². The van der Waals surface area contributed by atoms with Crippen LogP contribution in [0.25, 0.3) is 16.6 Å². The van der Waals surface area contributed by atoms with Crippen LogP contribution in [0, 0.1) is 13.8 Å². The summed E-state index contributed by atoms with van der Waals surface area (Å²) < 4.78 is 81.4.